The van der Waals surface area contributed by atoms with Crippen LogP contribution in [0.15, 0.2) is 60.8 Å². The number of halogens is 1. The summed E-state index contributed by atoms with van der Waals surface area (Å²) in [6.45, 7) is 2.50. The quantitative estimate of drug-likeness (QED) is 0.744. The van der Waals surface area contributed by atoms with Crippen LogP contribution in [0.5, 0.6) is 0 Å². The highest BCUT2D eigenvalue weighted by Gasteiger charge is 2.46. The average Bonchev–Trinajstić information content (AvgIpc) is 3.38. The number of rotatable bonds is 4. The number of aryl methyl sites for hydroxylation is 1. The first-order valence-corrected chi connectivity index (χ1v) is 9.94. The molecule has 0 bridgehead atoms. The molecule has 2 aromatic carbocycles. The molecule has 6 heteroatoms. The van der Waals surface area contributed by atoms with E-state index in [1.807, 2.05) is 12.1 Å². The van der Waals surface area contributed by atoms with E-state index in [1.165, 1.54) is 17.2 Å². The predicted octanol–water partition coefficient (Wildman–Crippen LogP) is 3.26. The molecule has 1 aliphatic carbocycles. The van der Waals surface area contributed by atoms with Gasteiger partial charge in [-0.2, -0.15) is 5.10 Å². The van der Waals surface area contributed by atoms with E-state index in [0.717, 1.165) is 25.2 Å². The lowest BCUT2D eigenvalue weighted by atomic mass is 9.94. The Kier molecular flexibility index (Phi) is 4.43. The fraction of sp³-hybridized carbons (Fsp3) is 0.304. The van der Waals surface area contributed by atoms with Crippen molar-refractivity contribution in [2.24, 2.45) is 13.0 Å². The third-order valence-corrected chi connectivity index (χ3v) is 6.23. The molecule has 0 spiro atoms. The van der Waals surface area contributed by atoms with Crippen molar-refractivity contribution in [2.75, 3.05) is 13.1 Å². The highest BCUT2D eigenvalue weighted by Crippen LogP contribution is 2.49. The fourth-order valence-corrected chi connectivity index (χ4v) is 4.96. The Labute approximate surface area is 169 Å². The second-order valence-corrected chi connectivity index (χ2v) is 8.01. The van der Waals surface area contributed by atoms with Gasteiger partial charge in [-0.15, -0.1) is 0 Å². The van der Waals surface area contributed by atoms with Crippen LogP contribution in [0.1, 0.15) is 39.1 Å². The van der Waals surface area contributed by atoms with Gasteiger partial charge in [0.05, 0.1) is 6.04 Å². The summed E-state index contributed by atoms with van der Waals surface area (Å²) < 4.78 is 15.2. The van der Waals surface area contributed by atoms with Gasteiger partial charge in [-0.3, -0.25) is 14.4 Å². The minimum atomic E-state index is -0.200. The summed E-state index contributed by atoms with van der Waals surface area (Å²) in [5.41, 5.74) is 4.06. The number of carbonyl (C=O) groups excluding carboxylic acids is 1. The molecule has 1 fully saturated rings. The molecule has 148 valence electrons. The Morgan fingerprint density at radius 3 is 2.72 bits per heavy atom. The standard InChI is InChI=1S/C23H23FN4O/c1-27-21(9-10-25-27)23(29)26-22-18-8-3-2-7-17(18)19-13-28(14-20(19)22)12-15-5-4-6-16(24)11-15/h2-11,19-20,22H,12-14H2,1H3,(H,26,29)/t19-,20-,22+/m0/s1. The summed E-state index contributed by atoms with van der Waals surface area (Å²) in [6.07, 6.45) is 1.64. The van der Waals surface area contributed by atoms with Crippen LogP contribution in [0.25, 0.3) is 0 Å². The summed E-state index contributed by atoms with van der Waals surface area (Å²) in [5, 5.41) is 7.36. The van der Waals surface area contributed by atoms with Crippen LogP contribution < -0.4 is 5.32 Å². The summed E-state index contributed by atoms with van der Waals surface area (Å²) in [4.78, 5) is 15.2. The van der Waals surface area contributed by atoms with Crippen LogP contribution >= 0.6 is 0 Å². The molecule has 1 aromatic heterocycles. The van der Waals surface area contributed by atoms with Crippen molar-refractivity contribution in [3.63, 3.8) is 0 Å². The number of hydrogen-bond donors (Lipinski definition) is 1. The van der Waals surface area contributed by atoms with Gasteiger partial charge in [0.1, 0.15) is 11.5 Å². The highest BCUT2D eigenvalue weighted by molar-refractivity contribution is 5.92. The fourth-order valence-electron chi connectivity index (χ4n) is 4.96. The molecule has 0 saturated carbocycles. The van der Waals surface area contributed by atoms with Crippen molar-refractivity contribution in [3.05, 3.63) is 89.0 Å². The zero-order valence-electron chi connectivity index (χ0n) is 16.3. The van der Waals surface area contributed by atoms with E-state index in [-0.39, 0.29) is 17.8 Å². The first-order valence-electron chi connectivity index (χ1n) is 9.94. The molecule has 0 unspecified atom stereocenters. The Bertz CT molecular complexity index is 1060. The van der Waals surface area contributed by atoms with Crippen LogP contribution in [0, 0.1) is 11.7 Å². The third kappa shape index (κ3) is 3.23. The second-order valence-electron chi connectivity index (χ2n) is 8.01. The number of carbonyl (C=O) groups is 1. The summed E-state index contributed by atoms with van der Waals surface area (Å²) in [6, 6.07) is 16.9. The second kappa shape index (κ2) is 7.12. The maximum Gasteiger partial charge on any atom is 0.270 e. The zero-order chi connectivity index (χ0) is 20.0. The molecule has 5 rings (SSSR count). The van der Waals surface area contributed by atoms with Gasteiger partial charge < -0.3 is 5.32 Å². The summed E-state index contributed by atoms with van der Waals surface area (Å²) in [5.74, 6) is 0.373. The van der Waals surface area contributed by atoms with E-state index >= 15 is 0 Å². The Balaban J connectivity index is 1.39. The Hall–Kier alpha value is -2.99. The molecule has 0 radical (unpaired) electrons. The lowest BCUT2D eigenvalue weighted by molar-refractivity contribution is 0.0914. The van der Waals surface area contributed by atoms with Gasteiger partial charge in [-0.25, -0.2) is 4.39 Å². The van der Waals surface area contributed by atoms with E-state index in [4.69, 9.17) is 0 Å². The van der Waals surface area contributed by atoms with Gasteiger partial charge in [0, 0.05) is 44.7 Å². The third-order valence-electron chi connectivity index (χ3n) is 6.23. The largest absolute Gasteiger partial charge is 0.344 e. The normalized spacial score (nSPS) is 23.0. The van der Waals surface area contributed by atoms with E-state index < -0.39 is 0 Å². The van der Waals surface area contributed by atoms with Crippen molar-refractivity contribution < 1.29 is 9.18 Å². The first kappa shape index (κ1) is 18.1. The van der Waals surface area contributed by atoms with Gasteiger partial charge in [0.25, 0.3) is 5.91 Å². The van der Waals surface area contributed by atoms with Gasteiger partial charge in [0.2, 0.25) is 0 Å². The molecule has 1 N–H and O–H groups in total. The molecule has 1 amide bonds. The predicted molar refractivity (Wildman–Crippen MR) is 108 cm³/mol. The molecule has 5 nitrogen and oxygen atoms in total. The topological polar surface area (TPSA) is 50.2 Å². The van der Waals surface area contributed by atoms with Crippen LogP contribution in [0.4, 0.5) is 4.39 Å². The van der Waals surface area contributed by atoms with Crippen molar-refractivity contribution >= 4 is 5.91 Å². The Morgan fingerprint density at radius 2 is 1.97 bits per heavy atom. The van der Waals surface area contributed by atoms with E-state index in [2.05, 4.69) is 33.5 Å². The molecular weight excluding hydrogens is 367 g/mol. The molecule has 1 saturated heterocycles. The van der Waals surface area contributed by atoms with Crippen molar-refractivity contribution in [1.29, 1.82) is 0 Å². The maximum atomic E-state index is 13.6. The van der Waals surface area contributed by atoms with Crippen LogP contribution in [-0.4, -0.2) is 33.7 Å². The number of amides is 1. The first-order chi connectivity index (χ1) is 14.1. The van der Waals surface area contributed by atoms with Crippen LogP contribution in [0.3, 0.4) is 0 Å². The summed E-state index contributed by atoms with van der Waals surface area (Å²) in [7, 11) is 1.77. The van der Waals surface area contributed by atoms with Gasteiger partial charge in [-0.1, -0.05) is 36.4 Å². The lowest BCUT2D eigenvalue weighted by Gasteiger charge is -2.23. The van der Waals surface area contributed by atoms with E-state index in [9.17, 15) is 9.18 Å². The van der Waals surface area contributed by atoms with Gasteiger partial charge in [-0.05, 0) is 34.9 Å². The smallest absolute Gasteiger partial charge is 0.270 e. The number of nitrogens with one attached hydrogen (secondary N) is 1. The minimum absolute atomic E-state index is 0.0314. The van der Waals surface area contributed by atoms with Crippen LogP contribution in [0.2, 0.25) is 0 Å². The molecule has 3 aromatic rings. The number of hydrogen-bond acceptors (Lipinski definition) is 3. The van der Waals surface area contributed by atoms with Gasteiger partial charge in [0.15, 0.2) is 0 Å². The van der Waals surface area contributed by atoms with Crippen molar-refractivity contribution in [2.45, 2.75) is 18.5 Å². The SMILES string of the molecule is Cn1nccc1C(=O)N[C@@H]1c2ccccc2[C@@H]2CN(Cc3cccc(F)c3)C[C@H]12. The number of fused-ring (bicyclic) bond motifs is 3. The van der Waals surface area contributed by atoms with E-state index in [0.29, 0.717) is 17.5 Å². The molecule has 1 aliphatic heterocycles. The average molecular weight is 390 g/mol. The number of aromatic nitrogens is 2. The minimum Gasteiger partial charge on any atom is -0.344 e. The summed E-state index contributed by atoms with van der Waals surface area (Å²) >= 11 is 0. The monoisotopic (exact) mass is 390 g/mol. The van der Waals surface area contributed by atoms with E-state index in [1.54, 1.807) is 36.1 Å². The number of likely N-dealkylation sites (tertiary alicyclic amines) is 1. The van der Waals surface area contributed by atoms with Crippen molar-refractivity contribution in [3.8, 4) is 0 Å². The highest BCUT2D eigenvalue weighted by atomic mass is 19.1. The number of benzene rings is 2. The Morgan fingerprint density at radius 1 is 1.14 bits per heavy atom. The van der Waals surface area contributed by atoms with Crippen molar-refractivity contribution in [1.82, 2.24) is 20.0 Å². The molecule has 2 aliphatic rings. The number of nitrogens with zero attached hydrogens (tertiary/aromatic N) is 3. The lowest BCUT2D eigenvalue weighted by Crippen LogP contribution is -2.34. The maximum absolute atomic E-state index is 13.6. The van der Waals surface area contributed by atoms with Gasteiger partial charge >= 0.3 is 0 Å². The zero-order valence-corrected chi connectivity index (χ0v) is 16.3. The van der Waals surface area contributed by atoms with Crippen LogP contribution in [-0.2, 0) is 13.6 Å². The molecule has 29 heavy (non-hydrogen) atoms. The molecule has 2 heterocycles. The molecular formula is C23H23FN4O. The molecule has 3 atom stereocenters.